The van der Waals surface area contributed by atoms with Gasteiger partial charge < -0.3 is 9.88 Å². The number of carbonyl (C=O) groups excluding carboxylic acids is 2. The quantitative estimate of drug-likeness (QED) is 0.587. The lowest BCUT2D eigenvalue weighted by atomic mass is 10.1. The number of anilines is 1. The summed E-state index contributed by atoms with van der Waals surface area (Å²) in [5, 5.41) is 11.9. The number of nitrogens with one attached hydrogen (secondary N) is 1. The molecule has 0 saturated carbocycles. The number of hydrogen-bond acceptors (Lipinski definition) is 5. The molecule has 0 aliphatic rings. The Morgan fingerprint density at radius 1 is 1.25 bits per heavy atom. The van der Waals surface area contributed by atoms with Crippen LogP contribution >= 0.6 is 11.8 Å². The maximum Gasteiger partial charge on any atom is 0.234 e. The van der Waals surface area contributed by atoms with E-state index in [1.54, 1.807) is 24.3 Å². The van der Waals surface area contributed by atoms with Crippen LogP contribution in [-0.4, -0.2) is 32.2 Å². The monoisotopic (exact) mass is 346 g/mol. The van der Waals surface area contributed by atoms with Crippen molar-refractivity contribution in [2.75, 3.05) is 11.1 Å². The van der Waals surface area contributed by atoms with Crippen LogP contribution in [0.2, 0.25) is 0 Å². The van der Waals surface area contributed by atoms with E-state index in [0.717, 1.165) is 30.4 Å². The van der Waals surface area contributed by atoms with Gasteiger partial charge in [-0.25, -0.2) is 0 Å². The minimum Gasteiger partial charge on any atom is -0.325 e. The summed E-state index contributed by atoms with van der Waals surface area (Å²) in [5.41, 5.74) is 1.20. The van der Waals surface area contributed by atoms with Gasteiger partial charge in [-0.05, 0) is 25.5 Å². The van der Waals surface area contributed by atoms with Gasteiger partial charge in [0.05, 0.1) is 5.75 Å². The third-order valence-corrected chi connectivity index (χ3v) is 4.41. The van der Waals surface area contributed by atoms with Crippen molar-refractivity contribution in [2.24, 2.45) is 0 Å². The van der Waals surface area contributed by atoms with Crippen molar-refractivity contribution in [2.45, 2.75) is 45.3 Å². The molecule has 0 saturated heterocycles. The minimum atomic E-state index is -0.134. The average Bonchev–Trinajstić information content (AvgIpc) is 2.95. The van der Waals surface area contributed by atoms with E-state index >= 15 is 0 Å². The summed E-state index contributed by atoms with van der Waals surface area (Å²) in [5.74, 6) is 1.02. The van der Waals surface area contributed by atoms with Crippen LogP contribution in [0.1, 0.15) is 43.4 Å². The largest absolute Gasteiger partial charge is 0.325 e. The predicted molar refractivity (Wildman–Crippen MR) is 95.5 cm³/mol. The molecule has 1 aromatic heterocycles. The Balaban J connectivity index is 1.97. The second-order valence-corrected chi connectivity index (χ2v) is 6.32. The molecule has 0 aliphatic carbocycles. The summed E-state index contributed by atoms with van der Waals surface area (Å²) in [6.45, 7) is 6.49. The van der Waals surface area contributed by atoms with E-state index in [9.17, 15) is 9.59 Å². The standard InChI is InChI=1S/C17H22N4O2S/c1-4-9-21-15(5-2)19-20-17(21)24-11-16(23)18-14-8-6-7-13(10-14)12(3)22/h6-8,10H,4-5,9,11H2,1-3H3,(H,18,23). The number of aryl methyl sites for hydroxylation is 1. The first-order valence-electron chi connectivity index (χ1n) is 8.00. The molecule has 24 heavy (non-hydrogen) atoms. The lowest BCUT2D eigenvalue weighted by molar-refractivity contribution is -0.113. The number of amides is 1. The number of Topliss-reactive ketones (excluding diaryl/α,β-unsaturated/α-hetero) is 1. The van der Waals surface area contributed by atoms with Crippen molar-refractivity contribution < 1.29 is 9.59 Å². The number of hydrogen-bond donors (Lipinski definition) is 1. The van der Waals surface area contributed by atoms with E-state index < -0.39 is 0 Å². The summed E-state index contributed by atoms with van der Waals surface area (Å²) in [6.07, 6.45) is 1.81. The summed E-state index contributed by atoms with van der Waals surface area (Å²) in [7, 11) is 0. The van der Waals surface area contributed by atoms with Crippen LogP contribution in [0, 0.1) is 0 Å². The zero-order chi connectivity index (χ0) is 17.5. The molecule has 1 amide bonds. The van der Waals surface area contributed by atoms with Crippen molar-refractivity contribution in [3.8, 4) is 0 Å². The maximum absolute atomic E-state index is 12.1. The highest BCUT2D eigenvalue weighted by Gasteiger charge is 2.13. The van der Waals surface area contributed by atoms with Crippen molar-refractivity contribution >= 4 is 29.1 Å². The van der Waals surface area contributed by atoms with Gasteiger partial charge in [-0.3, -0.25) is 9.59 Å². The van der Waals surface area contributed by atoms with Crippen molar-refractivity contribution in [3.63, 3.8) is 0 Å². The second-order valence-electron chi connectivity index (χ2n) is 5.38. The zero-order valence-corrected chi connectivity index (χ0v) is 15.0. The molecule has 2 rings (SSSR count). The average molecular weight is 346 g/mol. The van der Waals surface area contributed by atoms with Crippen LogP contribution < -0.4 is 5.32 Å². The lowest BCUT2D eigenvalue weighted by Gasteiger charge is -2.08. The van der Waals surface area contributed by atoms with E-state index in [1.807, 2.05) is 6.92 Å². The molecule has 7 heteroatoms. The Kier molecular flexibility index (Phi) is 6.54. The molecule has 1 aromatic carbocycles. The van der Waals surface area contributed by atoms with Gasteiger partial charge >= 0.3 is 0 Å². The molecule has 128 valence electrons. The first-order valence-corrected chi connectivity index (χ1v) is 8.99. The first-order chi connectivity index (χ1) is 11.5. The SMILES string of the molecule is CCCn1c(CC)nnc1SCC(=O)Nc1cccc(C(C)=O)c1. The van der Waals surface area contributed by atoms with E-state index in [-0.39, 0.29) is 17.4 Å². The predicted octanol–water partition coefficient (Wildman–Crippen LogP) is 3.18. The van der Waals surface area contributed by atoms with Gasteiger partial charge in [0.1, 0.15) is 5.82 Å². The summed E-state index contributed by atoms with van der Waals surface area (Å²) in [6, 6.07) is 6.93. The number of carbonyl (C=O) groups is 2. The summed E-state index contributed by atoms with van der Waals surface area (Å²) >= 11 is 1.37. The molecule has 0 unspecified atom stereocenters. The molecule has 0 radical (unpaired) electrons. The molecule has 0 spiro atoms. The Labute approximate surface area is 146 Å². The lowest BCUT2D eigenvalue weighted by Crippen LogP contribution is -2.15. The molecule has 0 aliphatic heterocycles. The number of aromatic nitrogens is 3. The van der Waals surface area contributed by atoms with Crippen LogP contribution in [0.15, 0.2) is 29.4 Å². The first kappa shape index (κ1) is 18.2. The molecule has 1 N–H and O–H groups in total. The molecular formula is C17H22N4O2S. The molecule has 0 fully saturated rings. The maximum atomic E-state index is 12.1. The highest BCUT2D eigenvalue weighted by molar-refractivity contribution is 7.99. The Morgan fingerprint density at radius 2 is 2.04 bits per heavy atom. The van der Waals surface area contributed by atoms with Gasteiger partial charge in [-0.1, -0.05) is 37.7 Å². The molecule has 6 nitrogen and oxygen atoms in total. The Morgan fingerprint density at radius 3 is 2.71 bits per heavy atom. The molecule has 1 heterocycles. The fourth-order valence-corrected chi connectivity index (χ4v) is 3.06. The van der Waals surface area contributed by atoms with Crippen molar-refractivity contribution in [1.29, 1.82) is 0 Å². The molecule has 2 aromatic rings. The van der Waals surface area contributed by atoms with Crippen LogP contribution in [-0.2, 0) is 17.8 Å². The highest BCUT2D eigenvalue weighted by atomic mass is 32.2. The van der Waals surface area contributed by atoms with E-state index in [0.29, 0.717) is 11.3 Å². The van der Waals surface area contributed by atoms with Gasteiger partial charge in [0, 0.05) is 24.2 Å². The topological polar surface area (TPSA) is 76.9 Å². The number of nitrogens with zero attached hydrogens (tertiary/aromatic N) is 3. The van der Waals surface area contributed by atoms with Crippen LogP contribution in [0.4, 0.5) is 5.69 Å². The van der Waals surface area contributed by atoms with Crippen molar-refractivity contribution in [1.82, 2.24) is 14.8 Å². The van der Waals surface area contributed by atoms with E-state index in [2.05, 4.69) is 27.0 Å². The van der Waals surface area contributed by atoms with Crippen molar-refractivity contribution in [3.05, 3.63) is 35.7 Å². The third kappa shape index (κ3) is 4.67. The van der Waals surface area contributed by atoms with Gasteiger partial charge in [-0.2, -0.15) is 0 Å². The Bertz CT molecular complexity index is 727. The number of ketones is 1. The molecule has 0 atom stereocenters. The van der Waals surface area contributed by atoms with Crippen LogP contribution in [0.5, 0.6) is 0 Å². The van der Waals surface area contributed by atoms with E-state index in [1.165, 1.54) is 18.7 Å². The van der Waals surface area contributed by atoms with Gasteiger partial charge in [0.25, 0.3) is 0 Å². The Hall–Kier alpha value is -2.15. The van der Waals surface area contributed by atoms with Crippen LogP contribution in [0.25, 0.3) is 0 Å². The van der Waals surface area contributed by atoms with Crippen LogP contribution in [0.3, 0.4) is 0 Å². The highest BCUT2D eigenvalue weighted by Crippen LogP contribution is 2.19. The second kappa shape index (κ2) is 8.63. The summed E-state index contributed by atoms with van der Waals surface area (Å²) in [4.78, 5) is 23.5. The normalized spacial score (nSPS) is 10.6. The third-order valence-electron chi connectivity index (χ3n) is 3.44. The molecular weight excluding hydrogens is 324 g/mol. The summed E-state index contributed by atoms with van der Waals surface area (Å²) < 4.78 is 2.06. The molecule has 0 bridgehead atoms. The number of thioether (sulfide) groups is 1. The van der Waals surface area contributed by atoms with Gasteiger partial charge in [0.2, 0.25) is 5.91 Å². The number of rotatable bonds is 8. The fourth-order valence-electron chi connectivity index (χ4n) is 2.28. The van der Waals surface area contributed by atoms with E-state index in [4.69, 9.17) is 0 Å². The smallest absolute Gasteiger partial charge is 0.234 e. The minimum absolute atomic E-state index is 0.0276. The number of benzene rings is 1. The fraction of sp³-hybridized carbons (Fsp3) is 0.412. The zero-order valence-electron chi connectivity index (χ0n) is 14.2. The van der Waals surface area contributed by atoms with Gasteiger partial charge in [-0.15, -0.1) is 10.2 Å². The van der Waals surface area contributed by atoms with Gasteiger partial charge in [0.15, 0.2) is 10.9 Å².